The van der Waals surface area contributed by atoms with Crippen molar-refractivity contribution >= 4 is 17.9 Å². The lowest BCUT2D eigenvalue weighted by molar-refractivity contribution is -0.167. The Labute approximate surface area is 489 Å². The summed E-state index contributed by atoms with van der Waals surface area (Å²) in [5, 5.41) is 0. The van der Waals surface area contributed by atoms with Gasteiger partial charge in [0.05, 0.1) is 0 Å². The van der Waals surface area contributed by atoms with E-state index in [1.54, 1.807) is 0 Å². The Morgan fingerprint density at radius 1 is 0.266 bits per heavy atom. The molecule has 1 unspecified atom stereocenters. The number of rotatable bonds is 61. The first kappa shape index (κ1) is 75.3. The van der Waals surface area contributed by atoms with Crippen molar-refractivity contribution in [3.63, 3.8) is 0 Å². The van der Waals surface area contributed by atoms with Crippen LogP contribution in [0.15, 0.2) is 97.2 Å². The molecule has 0 aromatic carbocycles. The van der Waals surface area contributed by atoms with Gasteiger partial charge in [-0.15, -0.1) is 0 Å². The second kappa shape index (κ2) is 66.8. The van der Waals surface area contributed by atoms with Crippen LogP contribution in [0.3, 0.4) is 0 Å². The van der Waals surface area contributed by atoms with Crippen LogP contribution in [-0.2, 0) is 28.6 Å². The van der Waals surface area contributed by atoms with Crippen LogP contribution in [0.1, 0.15) is 329 Å². The molecular formula is C73H126O6. The number of ether oxygens (including phenoxy) is 3. The summed E-state index contributed by atoms with van der Waals surface area (Å²) in [5.41, 5.74) is 0. The summed E-state index contributed by atoms with van der Waals surface area (Å²) < 4.78 is 17.0. The molecule has 0 aliphatic carbocycles. The predicted molar refractivity (Wildman–Crippen MR) is 344 cm³/mol. The Kier molecular flexibility index (Phi) is 63.7. The minimum Gasteiger partial charge on any atom is -0.462 e. The van der Waals surface area contributed by atoms with Gasteiger partial charge in [-0.3, -0.25) is 14.4 Å². The predicted octanol–water partition coefficient (Wildman–Crippen LogP) is 23.2. The molecule has 0 rings (SSSR count). The van der Waals surface area contributed by atoms with Crippen molar-refractivity contribution in [3.8, 4) is 0 Å². The number of unbranched alkanes of at least 4 members (excludes halogenated alkanes) is 34. The first-order valence-electron chi connectivity index (χ1n) is 33.7. The van der Waals surface area contributed by atoms with E-state index in [9.17, 15) is 14.4 Å². The molecule has 0 bridgehead atoms. The molecule has 0 saturated heterocycles. The van der Waals surface area contributed by atoms with E-state index in [0.717, 1.165) is 109 Å². The SMILES string of the molecule is CC/C=C\C/C=C\C/C=C\C/C=C\CCCCCCCCCCC(=O)OC(COC(=O)CCCCCCCCC/C=C\C/C=C\CCCCC)COC(=O)CCCCCCCCCCCCC/C=C\C/C=C\CCCCCCC. The molecule has 0 spiro atoms. The lowest BCUT2D eigenvalue weighted by atomic mass is 10.0. The minimum absolute atomic E-state index is 0.0836. The van der Waals surface area contributed by atoms with Crippen molar-refractivity contribution < 1.29 is 28.6 Å². The highest BCUT2D eigenvalue weighted by atomic mass is 16.6. The highest BCUT2D eigenvalue weighted by molar-refractivity contribution is 5.71. The van der Waals surface area contributed by atoms with Gasteiger partial charge < -0.3 is 14.2 Å². The topological polar surface area (TPSA) is 78.9 Å². The Bertz CT molecular complexity index is 1540. The molecule has 0 aromatic heterocycles. The van der Waals surface area contributed by atoms with Crippen molar-refractivity contribution in [1.82, 2.24) is 0 Å². The van der Waals surface area contributed by atoms with E-state index in [1.165, 1.54) is 180 Å². The number of hydrogen-bond donors (Lipinski definition) is 0. The smallest absolute Gasteiger partial charge is 0.306 e. The third kappa shape index (κ3) is 65.0. The Hall–Kier alpha value is -3.67. The Morgan fingerprint density at radius 2 is 0.494 bits per heavy atom. The molecule has 0 aliphatic rings. The molecule has 454 valence electrons. The van der Waals surface area contributed by atoms with Gasteiger partial charge in [0.25, 0.3) is 0 Å². The van der Waals surface area contributed by atoms with E-state index in [1.807, 2.05) is 0 Å². The Balaban J connectivity index is 4.39. The molecule has 0 aromatic rings. The van der Waals surface area contributed by atoms with Gasteiger partial charge in [0, 0.05) is 19.3 Å². The summed E-state index contributed by atoms with van der Waals surface area (Å²) in [6, 6.07) is 0. The largest absolute Gasteiger partial charge is 0.462 e. The van der Waals surface area contributed by atoms with Gasteiger partial charge in [-0.1, -0.05) is 285 Å². The first-order chi connectivity index (χ1) is 39.0. The van der Waals surface area contributed by atoms with Gasteiger partial charge in [-0.05, 0) is 122 Å². The molecule has 0 amide bonds. The normalized spacial score (nSPS) is 12.7. The van der Waals surface area contributed by atoms with Gasteiger partial charge >= 0.3 is 17.9 Å². The van der Waals surface area contributed by atoms with Crippen LogP contribution in [0.25, 0.3) is 0 Å². The van der Waals surface area contributed by atoms with Crippen LogP contribution in [0.5, 0.6) is 0 Å². The first-order valence-corrected chi connectivity index (χ1v) is 33.7. The van der Waals surface area contributed by atoms with Gasteiger partial charge in [-0.2, -0.15) is 0 Å². The van der Waals surface area contributed by atoms with Crippen molar-refractivity contribution in [2.24, 2.45) is 0 Å². The van der Waals surface area contributed by atoms with Gasteiger partial charge in [-0.25, -0.2) is 0 Å². The van der Waals surface area contributed by atoms with Crippen molar-refractivity contribution in [1.29, 1.82) is 0 Å². The highest BCUT2D eigenvalue weighted by Crippen LogP contribution is 2.16. The summed E-state index contributed by atoms with van der Waals surface area (Å²) in [4.78, 5) is 38.4. The molecule has 6 nitrogen and oxygen atoms in total. The molecule has 6 heteroatoms. The molecule has 0 saturated carbocycles. The maximum absolute atomic E-state index is 12.9. The average molecular weight is 1100 g/mol. The molecule has 79 heavy (non-hydrogen) atoms. The van der Waals surface area contributed by atoms with Gasteiger partial charge in [0.2, 0.25) is 0 Å². The zero-order chi connectivity index (χ0) is 57.1. The standard InChI is InChI=1S/C73H126O6/c1-4-7-10-13-16-19-22-25-28-31-33-35-36-38-39-42-45-48-51-54-57-60-63-66-72(75)78-69-70(68-77-71(74)65-62-59-56-53-50-47-44-41-30-27-24-21-18-15-12-9-6-3)79-73(76)67-64-61-58-55-52-49-46-43-40-37-34-32-29-26-23-20-17-14-11-8-5-2/h8,11,17-18,20-22,25-27,29-31,33-34,37,70H,4-7,9-10,12-16,19,23-24,28,32,35-36,38-69H2,1-3H3/b11-8-,20-17-,21-18-,25-22-,29-26-,30-27-,33-31-,37-34-. The Morgan fingerprint density at radius 3 is 0.797 bits per heavy atom. The van der Waals surface area contributed by atoms with Gasteiger partial charge in [0.15, 0.2) is 6.10 Å². The van der Waals surface area contributed by atoms with Gasteiger partial charge in [0.1, 0.15) is 13.2 Å². The van der Waals surface area contributed by atoms with E-state index in [2.05, 4.69) is 118 Å². The molecule has 0 radical (unpaired) electrons. The highest BCUT2D eigenvalue weighted by Gasteiger charge is 2.19. The third-order valence-electron chi connectivity index (χ3n) is 14.5. The van der Waals surface area contributed by atoms with E-state index in [-0.39, 0.29) is 31.1 Å². The molecule has 0 N–H and O–H groups in total. The van der Waals surface area contributed by atoms with Crippen molar-refractivity contribution in [2.75, 3.05) is 13.2 Å². The fourth-order valence-electron chi connectivity index (χ4n) is 9.50. The number of allylic oxidation sites excluding steroid dienone is 16. The van der Waals surface area contributed by atoms with Crippen molar-refractivity contribution in [2.45, 2.75) is 335 Å². The summed E-state index contributed by atoms with van der Waals surface area (Å²) in [6.45, 7) is 6.51. The second-order valence-electron chi connectivity index (χ2n) is 22.3. The maximum Gasteiger partial charge on any atom is 0.306 e. The van der Waals surface area contributed by atoms with Crippen molar-refractivity contribution in [3.05, 3.63) is 97.2 Å². The molecule has 0 heterocycles. The average Bonchev–Trinajstić information content (AvgIpc) is 3.45. The lowest BCUT2D eigenvalue weighted by Crippen LogP contribution is -2.30. The minimum atomic E-state index is -0.789. The van der Waals surface area contributed by atoms with Crippen LogP contribution in [0.4, 0.5) is 0 Å². The molecular weight excluding hydrogens is 973 g/mol. The zero-order valence-corrected chi connectivity index (χ0v) is 52.1. The fraction of sp³-hybridized carbons (Fsp3) is 0.740. The summed E-state index contributed by atoms with van der Waals surface area (Å²) in [5.74, 6) is -0.888. The van der Waals surface area contributed by atoms with E-state index in [4.69, 9.17) is 14.2 Å². The number of carbonyl (C=O) groups is 3. The number of carbonyl (C=O) groups excluding carboxylic acids is 3. The molecule has 0 aliphatic heterocycles. The third-order valence-corrected chi connectivity index (χ3v) is 14.5. The lowest BCUT2D eigenvalue weighted by Gasteiger charge is -2.18. The summed E-state index contributed by atoms with van der Waals surface area (Å²) in [7, 11) is 0. The van der Waals surface area contributed by atoms with E-state index < -0.39 is 6.10 Å². The van der Waals surface area contributed by atoms with Crippen LogP contribution in [-0.4, -0.2) is 37.2 Å². The number of esters is 3. The number of hydrogen-bond acceptors (Lipinski definition) is 6. The summed E-state index contributed by atoms with van der Waals surface area (Å²) >= 11 is 0. The van der Waals surface area contributed by atoms with Crippen LogP contribution >= 0.6 is 0 Å². The van der Waals surface area contributed by atoms with E-state index in [0.29, 0.717) is 19.3 Å². The quantitative estimate of drug-likeness (QED) is 0.0261. The van der Waals surface area contributed by atoms with Crippen LogP contribution in [0.2, 0.25) is 0 Å². The fourth-order valence-corrected chi connectivity index (χ4v) is 9.50. The molecule has 1 atom stereocenters. The van der Waals surface area contributed by atoms with Crippen LogP contribution in [0, 0.1) is 0 Å². The van der Waals surface area contributed by atoms with E-state index >= 15 is 0 Å². The zero-order valence-electron chi connectivity index (χ0n) is 52.1. The summed E-state index contributed by atoms with van der Waals surface area (Å²) in [6.07, 6.45) is 89.8. The molecule has 0 fully saturated rings. The maximum atomic E-state index is 12.9. The monoisotopic (exact) mass is 1100 g/mol. The van der Waals surface area contributed by atoms with Crippen LogP contribution < -0.4 is 0 Å². The second-order valence-corrected chi connectivity index (χ2v) is 22.3.